The van der Waals surface area contributed by atoms with Crippen LogP contribution in [0, 0.1) is 0 Å². The van der Waals surface area contributed by atoms with Crippen molar-refractivity contribution in [2.24, 2.45) is 0 Å². The van der Waals surface area contributed by atoms with Gasteiger partial charge in [-0.3, -0.25) is 19.1 Å². The van der Waals surface area contributed by atoms with E-state index in [2.05, 4.69) is 10.2 Å². The molecule has 142 valence electrons. The Hall–Kier alpha value is -2.64. The lowest BCUT2D eigenvalue weighted by atomic mass is 10.1. The molecule has 2 amide bonds. The molecule has 0 saturated carbocycles. The SMILES string of the molecule is O=C1c2ccccc2C(=O)N1CCCCSc1nncn1-c1cccc(Cl)c1. The van der Waals surface area contributed by atoms with E-state index in [0.717, 1.165) is 29.4 Å². The van der Waals surface area contributed by atoms with Crippen molar-refractivity contribution >= 4 is 35.2 Å². The third-order valence-corrected chi connectivity index (χ3v) is 5.75. The molecule has 28 heavy (non-hydrogen) atoms. The van der Waals surface area contributed by atoms with Crippen molar-refractivity contribution in [2.75, 3.05) is 12.3 Å². The van der Waals surface area contributed by atoms with Crippen molar-refractivity contribution in [3.8, 4) is 5.69 Å². The highest BCUT2D eigenvalue weighted by atomic mass is 35.5. The number of carbonyl (C=O) groups excluding carboxylic acids is 2. The van der Waals surface area contributed by atoms with Gasteiger partial charge >= 0.3 is 0 Å². The van der Waals surface area contributed by atoms with Gasteiger partial charge in [0.25, 0.3) is 11.8 Å². The van der Waals surface area contributed by atoms with E-state index in [1.807, 2.05) is 28.8 Å². The molecule has 0 N–H and O–H groups in total. The second-order valence-corrected chi connectivity index (χ2v) is 7.82. The number of amides is 2. The Kier molecular flexibility index (Phi) is 5.45. The molecular weight excluding hydrogens is 396 g/mol. The van der Waals surface area contributed by atoms with Gasteiger partial charge in [0.05, 0.1) is 16.8 Å². The molecule has 0 spiro atoms. The number of thioether (sulfide) groups is 1. The Bertz CT molecular complexity index is 1000. The highest BCUT2D eigenvalue weighted by Gasteiger charge is 2.34. The number of imide groups is 1. The lowest BCUT2D eigenvalue weighted by Gasteiger charge is -2.13. The lowest BCUT2D eigenvalue weighted by Crippen LogP contribution is -2.30. The normalized spacial score (nSPS) is 13.2. The summed E-state index contributed by atoms with van der Waals surface area (Å²) in [6.45, 7) is 0.424. The van der Waals surface area contributed by atoms with Crippen molar-refractivity contribution in [2.45, 2.75) is 18.0 Å². The summed E-state index contributed by atoms with van der Waals surface area (Å²) in [5.74, 6) is 0.408. The molecular formula is C20H17ClN4O2S. The average molecular weight is 413 g/mol. The number of nitrogens with zero attached hydrogens (tertiary/aromatic N) is 4. The first kappa shape index (κ1) is 18.7. The third-order valence-electron chi connectivity index (χ3n) is 4.49. The van der Waals surface area contributed by atoms with Crippen LogP contribution in [0.3, 0.4) is 0 Å². The summed E-state index contributed by atoms with van der Waals surface area (Å²) in [6, 6.07) is 14.5. The van der Waals surface area contributed by atoms with E-state index < -0.39 is 0 Å². The molecule has 0 radical (unpaired) electrons. The van der Waals surface area contributed by atoms with Crippen molar-refractivity contribution in [3.63, 3.8) is 0 Å². The predicted octanol–water partition coefficient (Wildman–Crippen LogP) is 4.09. The fourth-order valence-electron chi connectivity index (χ4n) is 3.10. The molecule has 0 aliphatic carbocycles. The van der Waals surface area contributed by atoms with Gasteiger partial charge in [-0.05, 0) is 43.2 Å². The monoisotopic (exact) mass is 412 g/mol. The van der Waals surface area contributed by atoms with E-state index in [1.54, 1.807) is 42.4 Å². The summed E-state index contributed by atoms with van der Waals surface area (Å²) < 4.78 is 1.89. The smallest absolute Gasteiger partial charge is 0.261 e. The van der Waals surface area contributed by atoms with E-state index in [0.29, 0.717) is 22.7 Å². The standard InChI is InChI=1S/C20H17ClN4O2S/c21-14-6-5-7-15(12-14)25-13-22-23-20(25)28-11-4-3-10-24-18(26)16-8-1-2-9-17(16)19(24)27/h1-2,5-9,12-13H,3-4,10-11H2. The summed E-state index contributed by atoms with van der Waals surface area (Å²) in [5, 5.41) is 9.58. The van der Waals surface area contributed by atoms with E-state index >= 15 is 0 Å². The predicted molar refractivity (Wildman–Crippen MR) is 108 cm³/mol. The first-order valence-corrected chi connectivity index (χ1v) is 10.3. The van der Waals surface area contributed by atoms with E-state index in [4.69, 9.17) is 11.6 Å². The molecule has 8 heteroatoms. The summed E-state index contributed by atoms with van der Waals surface area (Å²) in [7, 11) is 0. The molecule has 3 aromatic rings. The maximum atomic E-state index is 12.4. The fraction of sp³-hybridized carbons (Fsp3) is 0.200. The second-order valence-electron chi connectivity index (χ2n) is 6.33. The number of hydrogen-bond acceptors (Lipinski definition) is 5. The zero-order valence-electron chi connectivity index (χ0n) is 14.9. The van der Waals surface area contributed by atoms with Gasteiger partial charge in [-0.25, -0.2) is 0 Å². The van der Waals surface area contributed by atoms with Crippen LogP contribution in [-0.2, 0) is 0 Å². The van der Waals surface area contributed by atoms with Crippen LogP contribution in [0.4, 0.5) is 0 Å². The zero-order valence-corrected chi connectivity index (χ0v) is 16.5. The van der Waals surface area contributed by atoms with Gasteiger partial charge in [0, 0.05) is 17.3 Å². The molecule has 1 aromatic heterocycles. The molecule has 0 atom stereocenters. The zero-order chi connectivity index (χ0) is 19.5. The van der Waals surface area contributed by atoms with Crippen LogP contribution in [0.2, 0.25) is 5.02 Å². The number of hydrogen-bond donors (Lipinski definition) is 0. The van der Waals surface area contributed by atoms with Crippen molar-refractivity contribution < 1.29 is 9.59 Å². The Morgan fingerprint density at radius 2 is 1.71 bits per heavy atom. The van der Waals surface area contributed by atoms with Crippen LogP contribution in [0.1, 0.15) is 33.6 Å². The van der Waals surface area contributed by atoms with Gasteiger partial charge in [0.1, 0.15) is 6.33 Å². The highest BCUT2D eigenvalue weighted by Crippen LogP contribution is 2.24. The van der Waals surface area contributed by atoms with Crippen molar-refractivity contribution in [3.05, 3.63) is 71.0 Å². The van der Waals surface area contributed by atoms with Gasteiger partial charge in [0.15, 0.2) is 5.16 Å². The molecule has 2 aromatic carbocycles. The largest absolute Gasteiger partial charge is 0.277 e. The van der Waals surface area contributed by atoms with Gasteiger partial charge in [-0.1, -0.05) is 41.6 Å². The molecule has 4 rings (SSSR count). The maximum absolute atomic E-state index is 12.4. The fourth-order valence-corrected chi connectivity index (χ4v) is 4.22. The van der Waals surface area contributed by atoms with Crippen LogP contribution in [-0.4, -0.2) is 43.8 Å². The number of aromatic nitrogens is 3. The number of fused-ring (bicyclic) bond motifs is 1. The van der Waals surface area contributed by atoms with E-state index in [-0.39, 0.29) is 11.8 Å². The van der Waals surface area contributed by atoms with Crippen molar-refractivity contribution in [1.82, 2.24) is 19.7 Å². The maximum Gasteiger partial charge on any atom is 0.261 e. The van der Waals surface area contributed by atoms with Crippen LogP contribution in [0.25, 0.3) is 5.69 Å². The molecule has 1 aliphatic rings. The highest BCUT2D eigenvalue weighted by molar-refractivity contribution is 7.99. The first-order valence-electron chi connectivity index (χ1n) is 8.89. The van der Waals surface area contributed by atoms with Gasteiger partial charge in [-0.15, -0.1) is 10.2 Å². The summed E-state index contributed by atoms with van der Waals surface area (Å²) in [5.41, 5.74) is 1.90. The second kappa shape index (κ2) is 8.16. The molecule has 2 heterocycles. The Morgan fingerprint density at radius 1 is 0.964 bits per heavy atom. The third kappa shape index (κ3) is 3.68. The minimum absolute atomic E-state index is 0.200. The number of unbranched alkanes of at least 4 members (excludes halogenated alkanes) is 1. The molecule has 0 fully saturated rings. The summed E-state index contributed by atoms with van der Waals surface area (Å²) in [4.78, 5) is 26.0. The minimum Gasteiger partial charge on any atom is -0.277 e. The lowest BCUT2D eigenvalue weighted by molar-refractivity contribution is 0.0652. The van der Waals surface area contributed by atoms with Crippen LogP contribution in [0.15, 0.2) is 60.0 Å². The number of carbonyl (C=O) groups is 2. The molecule has 6 nitrogen and oxygen atoms in total. The number of halogens is 1. The Balaban J connectivity index is 1.29. The molecule has 0 unspecified atom stereocenters. The average Bonchev–Trinajstić information content (AvgIpc) is 3.26. The van der Waals surface area contributed by atoms with Crippen LogP contribution < -0.4 is 0 Å². The Morgan fingerprint density at radius 3 is 2.43 bits per heavy atom. The number of rotatable bonds is 7. The number of benzene rings is 2. The van der Waals surface area contributed by atoms with Gasteiger partial charge in [-0.2, -0.15) is 0 Å². The van der Waals surface area contributed by atoms with Crippen molar-refractivity contribution in [1.29, 1.82) is 0 Å². The van der Waals surface area contributed by atoms with Crippen LogP contribution in [0.5, 0.6) is 0 Å². The molecule has 1 aliphatic heterocycles. The quantitative estimate of drug-likeness (QED) is 0.332. The van der Waals surface area contributed by atoms with Gasteiger partial charge in [0.2, 0.25) is 0 Å². The van der Waals surface area contributed by atoms with Gasteiger partial charge < -0.3 is 0 Å². The topological polar surface area (TPSA) is 68.1 Å². The molecule has 0 saturated heterocycles. The molecule has 0 bridgehead atoms. The first-order chi connectivity index (χ1) is 13.6. The minimum atomic E-state index is -0.200. The summed E-state index contributed by atoms with van der Waals surface area (Å²) >= 11 is 7.64. The van der Waals surface area contributed by atoms with E-state index in [9.17, 15) is 9.59 Å². The Labute approximate surface area is 171 Å². The van der Waals surface area contributed by atoms with E-state index in [1.165, 1.54) is 4.90 Å². The summed E-state index contributed by atoms with van der Waals surface area (Å²) in [6.07, 6.45) is 3.25. The van der Waals surface area contributed by atoms with Crippen LogP contribution >= 0.6 is 23.4 Å².